The van der Waals surface area contributed by atoms with E-state index in [0.29, 0.717) is 12.1 Å². The Morgan fingerprint density at radius 1 is 1.40 bits per heavy atom. The highest BCUT2D eigenvalue weighted by Gasteiger charge is 2.27. The number of rotatable bonds is 7. The average Bonchev–Trinajstić information content (AvgIpc) is 2.93. The minimum Gasteiger partial charge on any atom is -0.313 e. The summed E-state index contributed by atoms with van der Waals surface area (Å²) in [5, 5.41) is 8.07. The molecular weight excluding hydrogens is 248 g/mol. The van der Waals surface area contributed by atoms with Crippen molar-refractivity contribution in [1.29, 1.82) is 0 Å². The molecule has 0 spiro atoms. The predicted molar refractivity (Wildman–Crippen MR) is 83.7 cm³/mol. The summed E-state index contributed by atoms with van der Waals surface area (Å²) < 4.78 is 2.02. The molecule has 4 nitrogen and oxygen atoms in total. The van der Waals surface area contributed by atoms with Crippen LogP contribution in [0.3, 0.4) is 0 Å². The van der Waals surface area contributed by atoms with Gasteiger partial charge in [-0.3, -0.25) is 9.58 Å². The van der Waals surface area contributed by atoms with Crippen LogP contribution >= 0.6 is 0 Å². The van der Waals surface area contributed by atoms with Gasteiger partial charge >= 0.3 is 0 Å². The van der Waals surface area contributed by atoms with Crippen LogP contribution in [0, 0.1) is 0 Å². The first-order valence-corrected chi connectivity index (χ1v) is 8.23. The first-order chi connectivity index (χ1) is 9.74. The van der Waals surface area contributed by atoms with Gasteiger partial charge in [0.05, 0.1) is 6.20 Å². The van der Waals surface area contributed by atoms with Gasteiger partial charge in [0.1, 0.15) is 0 Å². The molecule has 0 bridgehead atoms. The van der Waals surface area contributed by atoms with Crippen molar-refractivity contribution in [3.8, 4) is 0 Å². The van der Waals surface area contributed by atoms with E-state index >= 15 is 0 Å². The quantitative estimate of drug-likeness (QED) is 0.832. The van der Waals surface area contributed by atoms with Crippen LogP contribution in [0.15, 0.2) is 12.4 Å². The van der Waals surface area contributed by atoms with E-state index in [9.17, 15) is 0 Å². The van der Waals surface area contributed by atoms with Crippen molar-refractivity contribution in [3.63, 3.8) is 0 Å². The molecule has 1 saturated heterocycles. The first kappa shape index (κ1) is 15.5. The summed E-state index contributed by atoms with van der Waals surface area (Å²) in [7, 11) is 0. The molecule has 0 amide bonds. The van der Waals surface area contributed by atoms with Crippen LogP contribution < -0.4 is 5.32 Å². The Hall–Kier alpha value is -0.870. The molecule has 2 atom stereocenters. The fourth-order valence-electron chi connectivity index (χ4n) is 3.18. The third-order valence-electron chi connectivity index (χ3n) is 4.35. The Morgan fingerprint density at radius 3 is 2.95 bits per heavy atom. The number of hydrogen-bond acceptors (Lipinski definition) is 3. The Morgan fingerprint density at radius 2 is 2.25 bits per heavy atom. The predicted octanol–water partition coefficient (Wildman–Crippen LogP) is 2.65. The monoisotopic (exact) mass is 278 g/mol. The van der Waals surface area contributed by atoms with Crippen molar-refractivity contribution in [2.24, 2.45) is 0 Å². The lowest BCUT2D eigenvalue weighted by Gasteiger charge is -2.39. The molecule has 0 aromatic carbocycles. The Labute approximate surface area is 123 Å². The number of nitrogens with one attached hydrogen (secondary N) is 1. The number of aromatic nitrogens is 2. The van der Waals surface area contributed by atoms with Crippen molar-refractivity contribution < 1.29 is 0 Å². The number of nitrogens with zero attached hydrogens (tertiary/aromatic N) is 3. The second kappa shape index (κ2) is 7.79. The van der Waals surface area contributed by atoms with Crippen LogP contribution in [-0.4, -0.2) is 39.9 Å². The Bertz CT molecular complexity index is 388. The van der Waals surface area contributed by atoms with Crippen LogP contribution in [-0.2, 0) is 13.1 Å². The molecule has 2 heterocycles. The molecule has 0 aliphatic carbocycles. The van der Waals surface area contributed by atoms with E-state index in [-0.39, 0.29) is 0 Å². The maximum atomic E-state index is 4.39. The summed E-state index contributed by atoms with van der Waals surface area (Å²) in [6.45, 7) is 11.1. The third kappa shape index (κ3) is 4.06. The van der Waals surface area contributed by atoms with Crippen molar-refractivity contribution in [2.45, 2.75) is 71.6 Å². The molecule has 1 aromatic rings. The Balaban J connectivity index is 1.95. The van der Waals surface area contributed by atoms with Crippen LogP contribution in [0.1, 0.15) is 52.0 Å². The van der Waals surface area contributed by atoms with Crippen molar-refractivity contribution in [3.05, 3.63) is 18.0 Å². The molecule has 1 aromatic heterocycles. The molecule has 1 N–H and O–H groups in total. The van der Waals surface area contributed by atoms with Gasteiger partial charge in [-0.1, -0.05) is 13.3 Å². The highest BCUT2D eigenvalue weighted by molar-refractivity contribution is 5.05. The minimum atomic E-state index is 0.580. The highest BCUT2D eigenvalue weighted by atomic mass is 15.3. The molecule has 2 rings (SSSR count). The van der Waals surface area contributed by atoms with E-state index in [2.05, 4.69) is 42.3 Å². The van der Waals surface area contributed by atoms with Gasteiger partial charge in [0, 0.05) is 36.9 Å². The lowest BCUT2D eigenvalue weighted by molar-refractivity contribution is 0.112. The fourth-order valence-corrected chi connectivity index (χ4v) is 3.18. The van der Waals surface area contributed by atoms with E-state index in [1.165, 1.54) is 37.8 Å². The van der Waals surface area contributed by atoms with Crippen LogP contribution in [0.25, 0.3) is 0 Å². The van der Waals surface area contributed by atoms with Crippen molar-refractivity contribution in [2.75, 3.05) is 13.1 Å². The maximum absolute atomic E-state index is 4.39. The van der Waals surface area contributed by atoms with Crippen LogP contribution in [0.5, 0.6) is 0 Å². The van der Waals surface area contributed by atoms with Crippen LogP contribution in [0.4, 0.5) is 0 Å². The standard InChI is InChI=1S/C16H30N4/c1-4-9-17-14(3)16-8-6-7-10-19(16)12-15-11-18-20(5-2)13-15/h11,13-14,16-17H,4-10,12H2,1-3H3. The van der Waals surface area contributed by atoms with Gasteiger partial charge in [0.2, 0.25) is 0 Å². The average molecular weight is 278 g/mol. The molecule has 114 valence electrons. The van der Waals surface area contributed by atoms with Gasteiger partial charge in [-0.05, 0) is 46.2 Å². The van der Waals surface area contributed by atoms with Gasteiger partial charge < -0.3 is 5.32 Å². The van der Waals surface area contributed by atoms with Gasteiger partial charge in [-0.25, -0.2) is 0 Å². The van der Waals surface area contributed by atoms with Gasteiger partial charge in [0.15, 0.2) is 0 Å². The van der Waals surface area contributed by atoms with Gasteiger partial charge in [-0.2, -0.15) is 5.10 Å². The zero-order valence-electron chi connectivity index (χ0n) is 13.3. The molecule has 0 saturated carbocycles. The maximum Gasteiger partial charge on any atom is 0.0534 e. The smallest absolute Gasteiger partial charge is 0.0534 e. The molecule has 4 heteroatoms. The molecular formula is C16H30N4. The fraction of sp³-hybridized carbons (Fsp3) is 0.812. The molecule has 0 radical (unpaired) electrons. The number of hydrogen-bond donors (Lipinski definition) is 1. The SMILES string of the molecule is CCCNC(C)C1CCCCN1Cc1cnn(CC)c1. The number of likely N-dealkylation sites (tertiary alicyclic amines) is 1. The van der Waals surface area contributed by atoms with Crippen molar-refractivity contribution in [1.82, 2.24) is 20.0 Å². The second-order valence-electron chi connectivity index (χ2n) is 5.98. The van der Waals surface area contributed by atoms with Gasteiger partial charge in [0.25, 0.3) is 0 Å². The third-order valence-corrected chi connectivity index (χ3v) is 4.35. The number of aryl methyl sites for hydroxylation is 1. The normalized spacial score (nSPS) is 22.1. The Kier molecular flexibility index (Phi) is 6.05. The molecule has 1 fully saturated rings. The largest absolute Gasteiger partial charge is 0.313 e. The number of piperidine rings is 1. The highest BCUT2D eigenvalue weighted by Crippen LogP contribution is 2.22. The molecule has 2 unspecified atom stereocenters. The van der Waals surface area contributed by atoms with E-state index in [0.717, 1.165) is 19.6 Å². The summed E-state index contributed by atoms with van der Waals surface area (Å²) in [6.07, 6.45) is 9.45. The summed E-state index contributed by atoms with van der Waals surface area (Å²) in [5.41, 5.74) is 1.35. The van der Waals surface area contributed by atoms with E-state index in [1.807, 2.05) is 10.9 Å². The second-order valence-corrected chi connectivity index (χ2v) is 5.98. The summed E-state index contributed by atoms with van der Waals surface area (Å²) in [5.74, 6) is 0. The molecule has 1 aliphatic rings. The van der Waals surface area contributed by atoms with Gasteiger partial charge in [-0.15, -0.1) is 0 Å². The zero-order chi connectivity index (χ0) is 14.4. The molecule has 20 heavy (non-hydrogen) atoms. The van der Waals surface area contributed by atoms with Crippen molar-refractivity contribution >= 4 is 0 Å². The zero-order valence-corrected chi connectivity index (χ0v) is 13.3. The minimum absolute atomic E-state index is 0.580. The topological polar surface area (TPSA) is 33.1 Å². The summed E-state index contributed by atoms with van der Waals surface area (Å²) in [6, 6.07) is 1.25. The summed E-state index contributed by atoms with van der Waals surface area (Å²) in [4.78, 5) is 2.65. The van der Waals surface area contributed by atoms with E-state index in [4.69, 9.17) is 0 Å². The van der Waals surface area contributed by atoms with E-state index < -0.39 is 0 Å². The van der Waals surface area contributed by atoms with E-state index in [1.54, 1.807) is 0 Å². The first-order valence-electron chi connectivity index (χ1n) is 8.23. The van der Waals surface area contributed by atoms with Crippen LogP contribution in [0.2, 0.25) is 0 Å². The molecule has 1 aliphatic heterocycles. The lowest BCUT2D eigenvalue weighted by atomic mass is 9.96. The lowest BCUT2D eigenvalue weighted by Crippen LogP contribution is -2.50. The summed E-state index contributed by atoms with van der Waals surface area (Å²) >= 11 is 0.